The minimum atomic E-state index is -0.542. The number of halogens is 1. The standard InChI is InChI=1S/C21H20ClN3O4/c1-3-28-21(27)18-12-19(25(2)24-18)23-20(26)15-7-5-9-17(11-15)29-13-14-6-4-8-16(22)10-14/h4-12H,3,13H2,1-2H3,(H,23,26). The van der Waals surface area contributed by atoms with Crippen LogP contribution in [0.2, 0.25) is 5.02 Å². The van der Waals surface area contributed by atoms with Gasteiger partial charge in [-0.25, -0.2) is 4.79 Å². The second-order valence-corrected chi connectivity index (χ2v) is 6.60. The van der Waals surface area contributed by atoms with Crippen LogP contribution in [0.3, 0.4) is 0 Å². The van der Waals surface area contributed by atoms with Gasteiger partial charge in [0.05, 0.1) is 6.61 Å². The van der Waals surface area contributed by atoms with Crippen LogP contribution in [-0.2, 0) is 18.4 Å². The van der Waals surface area contributed by atoms with Gasteiger partial charge >= 0.3 is 5.97 Å². The molecule has 0 aliphatic carbocycles. The predicted octanol–water partition coefficient (Wildman–Crippen LogP) is 4.08. The van der Waals surface area contributed by atoms with Gasteiger partial charge in [-0.1, -0.05) is 29.8 Å². The fourth-order valence-corrected chi connectivity index (χ4v) is 2.81. The molecule has 0 spiro atoms. The number of ether oxygens (including phenoxy) is 2. The lowest BCUT2D eigenvalue weighted by Crippen LogP contribution is -2.14. The number of hydrogen-bond donors (Lipinski definition) is 1. The Balaban J connectivity index is 1.67. The van der Waals surface area contributed by atoms with Crippen molar-refractivity contribution in [3.8, 4) is 5.75 Å². The monoisotopic (exact) mass is 413 g/mol. The van der Waals surface area contributed by atoms with Gasteiger partial charge in [0.1, 0.15) is 18.2 Å². The molecular formula is C21H20ClN3O4. The average molecular weight is 414 g/mol. The third-order valence-corrected chi connectivity index (χ3v) is 4.23. The van der Waals surface area contributed by atoms with E-state index in [1.165, 1.54) is 10.7 Å². The van der Waals surface area contributed by atoms with Crippen LogP contribution >= 0.6 is 11.6 Å². The third kappa shape index (κ3) is 5.36. The van der Waals surface area contributed by atoms with Crippen molar-refractivity contribution in [2.75, 3.05) is 11.9 Å². The zero-order valence-electron chi connectivity index (χ0n) is 16.0. The van der Waals surface area contributed by atoms with Crippen molar-refractivity contribution >= 4 is 29.3 Å². The number of rotatable bonds is 7. The Bertz CT molecular complexity index is 1030. The first-order valence-corrected chi connectivity index (χ1v) is 9.34. The van der Waals surface area contributed by atoms with Gasteiger partial charge in [0.15, 0.2) is 5.69 Å². The van der Waals surface area contributed by atoms with E-state index in [0.29, 0.717) is 28.8 Å². The van der Waals surface area contributed by atoms with Crippen LogP contribution in [0.25, 0.3) is 0 Å². The summed E-state index contributed by atoms with van der Waals surface area (Å²) in [5.74, 6) is 0.0368. The topological polar surface area (TPSA) is 82.5 Å². The molecule has 0 saturated carbocycles. The third-order valence-electron chi connectivity index (χ3n) is 4.00. The van der Waals surface area contributed by atoms with Crippen LogP contribution in [0.5, 0.6) is 5.75 Å². The van der Waals surface area contributed by atoms with Crippen LogP contribution < -0.4 is 10.1 Å². The van der Waals surface area contributed by atoms with Gasteiger partial charge in [-0.15, -0.1) is 0 Å². The van der Waals surface area contributed by atoms with Crippen molar-refractivity contribution in [3.05, 3.63) is 76.4 Å². The molecule has 2 aromatic carbocycles. The number of nitrogens with one attached hydrogen (secondary N) is 1. The van der Waals surface area contributed by atoms with Crippen LogP contribution in [0.1, 0.15) is 33.3 Å². The molecule has 0 radical (unpaired) electrons. The van der Waals surface area contributed by atoms with Crippen LogP contribution in [0.4, 0.5) is 5.82 Å². The Hall–Kier alpha value is -3.32. The first-order valence-electron chi connectivity index (χ1n) is 8.96. The molecule has 1 N–H and O–H groups in total. The molecular weight excluding hydrogens is 394 g/mol. The number of aryl methyl sites for hydroxylation is 1. The fourth-order valence-electron chi connectivity index (χ4n) is 2.60. The van der Waals surface area contributed by atoms with Crippen molar-refractivity contribution in [2.45, 2.75) is 13.5 Å². The van der Waals surface area contributed by atoms with Gasteiger partial charge in [0, 0.05) is 23.7 Å². The summed E-state index contributed by atoms with van der Waals surface area (Å²) in [6.07, 6.45) is 0. The second kappa shape index (κ2) is 9.25. The van der Waals surface area contributed by atoms with Gasteiger partial charge in [0.2, 0.25) is 0 Å². The van der Waals surface area contributed by atoms with E-state index in [9.17, 15) is 9.59 Å². The molecule has 1 aromatic heterocycles. The van der Waals surface area contributed by atoms with Crippen molar-refractivity contribution < 1.29 is 19.1 Å². The molecule has 0 atom stereocenters. The summed E-state index contributed by atoms with van der Waals surface area (Å²) in [6.45, 7) is 2.29. The molecule has 0 fully saturated rings. The van der Waals surface area contributed by atoms with Gasteiger partial charge < -0.3 is 14.8 Å². The summed E-state index contributed by atoms with van der Waals surface area (Å²) in [4.78, 5) is 24.4. The number of carbonyl (C=O) groups is 2. The Morgan fingerprint density at radius 3 is 2.69 bits per heavy atom. The Morgan fingerprint density at radius 1 is 1.14 bits per heavy atom. The van der Waals surface area contributed by atoms with E-state index in [0.717, 1.165) is 5.56 Å². The van der Waals surface area contributed by atoms with Crippen molar-refractivity contribution in [2.24, 2.45) is 7.05 Å². The molecule has 3 aromatic rings. The normalized spacial score (nSPS) is 10.4. The summed E-state index contributed by atoms with van der Waals surface area (Å²) >= 11 is 5.98. The summed E-state index contributed by atoms with van der Waals surface area (Å²) < 4.78 is 12.1. The van der Waals surface area contributed by atoms with Gasteiger partial charge in [-0.05, 0) is 42.8 Å². The maximum atomic E-state index is 12.6. The van der Waals surface area contributed by atoms with Crippen molar-refractivity contribution in [3.63, 3.8) is 0 Å². The molecule has 1 amide bonds. The maximum Gasteiger partial charge on any atom is 0.358 e. The quantitative estimate of drug-likeness (QED) is 0.590. The number of aromatic nitrogens is 2. The molecule has 0 unspecified atom stereocenters. The van der Waals surface area contributed by atoms with E-state index in [2.05, 4.69) is 10.4 Å². The lowest BCUT2D eigenvalue weighted by molar-refractivity contribution is 0.0518. The zero-order chi connectivity index (χ0) is 20.8. The summed E-state index contributed by atoms with van der Waals surface area (Å²) in [6, 6.07) is 15.7. The first-order chi connectivity index (χ1) is 14.0. The summed E-state index contributed by atoms with van der Waals surface area (Å²) in [7, 11) is 1.63. The molecule has 0 saturated heterocycles. The zero-order valence-corrected chi connectivity index (χ0v) is 16.8. The van der Waals surface area contributed by atoms with E-state index in [-0.39, 0.29) is 18.2 Å². The number of amides is 1. The molecule has 7 nitrogen and oxygen atoms in total. The number of anilines is 1. The molecule has 150 valence electrons. The highest BCUT2D eigenvalue weighted by atomic mass is 35.5. The predicted molar refractivity (Wildman–Crippen MR) is 109 cm³/mol. The lowest BCUT2D eigenvalue weighted by Gasteiger charge is -2.09. The number of hydrogen-bond acceptors (Lipinski definition) is 5. The molecule has 0 bridgehead atoms. The Morgan fingerprint density at radius 2 is 1.93 bits per heavy atom. The smallest absolute Gasteiger partial charge is 0.358 e. The molecule has 0 aliphatic heterocycles. The molecule has 3 rings (SSSR count). The maximum absolute atomic E-state index is 12.6. The Labute approximate surface area is 173 Å². The molecule has 0 aliphatic rings. The molecule has 8 heteroatoms. The van der Waals surface area contributed by atoms with Gasteiger partial charge in [-0.2, -0.15) is 5.10 Å². The highest BCUT2D eigenvalue weighted by Crippen LogP contribution is 2.18. The largest absolute Gasteiger partial charge is 0.489 e. The second-order valence-electron chi connectivity index (χ2n) is 6.16. The minimum Gasteiger partial charge on any atom is -0.489 e. The lowest BCUT2D eigenvalue weighted by atomic mass is 10.2. The summed E-state index contributed by atoms with van der Waals surface area (Å²) in [5.41, 5.74) is 1.46. The van der Waals surface area contributed by atoms with Crippen molar-refractivity contribution in [1.29, 1.82) is 0 Å². The minimum absolute atomic E-state index is 0.128. The van der Waals surface area contributed by atoms with E-state index in [1.807, 2.05) is 18.2 Å². The molecule has 1 heterocycles. The SMILES string of the molecule is CCOC(=O)c1cc(NC(=O)c2cccc(OCc3cccc(Cl)c3)c2)n(C)n1. The molecule has 29 heavy (non-hydrogen) atoms. The summed E-state index contributed by atoms with van der Waals surface area (Å²) in [5, 5.41) is 7.43. The van der Waals surface area contributed by atoms with E-state index in [4.69, 9.17) is 21.1 Å². The van der Waals surface area contributed by atoms with Crippen LogP contribution in [-0.4, -0.2) is 28.3 Å². The van der Waals surface area contributed by atoms with E-state index in [1.54, 1.807) is 44.3 Å². The van der Waals surface area contributed by atoms with Gasteiger partial charge in [-0.3, -0.25) is 9.48 Å². The van der Waals surface area contributed by atoms with Crippen LogP contribution in [0, 0.1) is 0 Å². The highest BCUT2D eigenvalue weighted by Gasteiger charge is 2.16. The Kier molecular flexibility index (Phi) is 6.51. The first kappa shape index (κ1) is 20.4. The average Bonchev–Trinajstić information content (AvgIpc) is 3.07. The van der Waals surface area contributed by atoms with Crippen molar-refractivity contribution in [1.82, 2.24) is 9.78 Å². The van der Waals surface area contributed by atoms with E-state index >= 15 is 0 Å². The van der Waals surface area contributed by atoms with Crippen LogP contribution in [0.15, 0.2) is 54.6 Å². The number of esters is 1. The van der Waals surface area contributed by atoms with E-state index < -0.39 is 5.97 Å². The fraction of sp³-hybridized carbons (Fsp3) is 0.190. The highest BCUT2D eigenvalue weighted by molar-refractivity contribution is 6.30. The van der Waals surface area contributed by atoms with Gasteiger partial charge in [0.25, 0.3) is 5.91 Å². The number of carbonyl (C=O) groups excluding carboxylic acids is 2. The number of benzene rings is 2. The number of nitrogens with zero attached hydrogens (tertiary/aromatic N) is 2.